The highest BCUT2D eigenvalue weighted by atomic mass is 35.5. The SMILES string of the molecule is C=C1CN(C)N(C(=C)NCc2ccc(OC)cc2)C(CN(C)Cc2ccc(Cl)cc2C)N1CC=O.CC.c1ccccc1. The lowest BCUT2D eigenvalue weighted by molar-refractivity contribution is -0.122. The van der Waals surface area contributed by atoms with Crippen molar-refractivity contribution in [1.82, 2.24) is 25.1 Å². The van der Waals surface area contributed by atoms with Crippen LogP contribution in [0, 0.1) is 6.92 Å². The summed E-state index contributed by atoms with van der Waals surface area (Å²) >= 11 is 6.14. The maximum Gasteiger partial charge on any atom is 0.139 e. The van der Waals surface area contributed by atoms with Gasteiger partial charge in [-0.2, -0.15) is 0 Å². The second kappa shape index (κ2) is 18.7. The van der Waals surface area contributed by atoms with E-state index in [1.54, 1.807) is 7.11 Å². The maximum absolute atomic E-state index is 11.5. The molecule has 0 spiro atoms. The molecule has 0 bridgehead atoms. The van der Waals surface area contributed by atoms with Gasteiger partial charge in [-0.1, -0.05) is 93.2 Å². The summed E-state index contributed by atoms with van der Waals surface area (Å²) in [4.78, 5) is 15.8. The smallest absolute Gasteiger partial charge is 0.139 e. The number of benzene rings is 3. The summed E-state index contributed by atoms with van der Waals surface area (Å²) in [6, 6.07) is 25.9. The van der Waals surface area contributed by atoms with Crippen molar-refractivity contribution in [1.29, 1.82) is 0 Å². The number of halogens is 1. The number of hydrogen-bond acceptors (Lipinski definition) is 7. The van der Waals surface area contributed by atoms with Gasteiger partial charge < -0.3 is 19.7 Å². The first kappa shape index (κ1) is 35.4. The Morgan fingerprint density at radius 3 is 2.23 bits per heavy atom. The summed E-state index contributed by atoms with van der Waals surface area (Å²) in [6.45, 7) is 17.6. The molecule has 0 aliphatic carbocycles. The molecule has 0 radical (unpaired) electrons. The zero-order valence-corrected chi connectivity index (χ0v) is 27.3. The average Bonchev–Trinajstić information content (AvgIpc) is 3.01. The summed E-state index contributed by atoms with van der Waals surface area (Å²) in [5.74, 6) is 1.58. The van der Waals surface area contributed by atoms with Gasteiger partial charge in [-0.15, -0.1) is 0 Å². The molecule has 43 heavy (non-hydrogen) atoms. The van der Waals surface area contributed by atoms with Gasteiger partial charge in [-0.3, -0.25) is 9.91 Å². The largest absolute Gasteiger partial charge is 0.497 e. The zero-order chi connectivity index (χ0) is 31.8. The number of aryl methyl sites for hydroxylation is 1. The number of hydrazine groups is 1. The van der Waals surface area contributed by atoms with Crippen LogP contribution in [0.25, 0.3) is 0 Å². The topological polar surface area (TPSA) is 51.3 Å². The quantitative estimate of drug-likeness (QED) is 0.248. The van der Waals surface area contributed by atoms with Crippen LogP contribution in [0.4, 0.5) is 0 Å². The highest BCUT2D eigenvalue weighted by Crippen LogP contribution is 2.25. The van der Waals surface area contributed by atoms with E-state index in [1.807, 2.05) is 93.7 Å². The van der Waals surface area contributed by atoms with Crippen molar-refractivity contribution in [3.05, 3.63) is 125 Å². The molecule has 1 aliphatic rings. The van der Waals surface area contributed by atoms with Crippen LogP contribution >= 0.6 is 11.6 Å². The van der Waals surface area contributed by atoms with E-state index >= 15 is 0 Å². The Morgan fingerprint density at radius 2 is 1.70 bits per heavy atom. The number of likely N-dealkylation sites (N-methyl/N-ethyl adjacent to an activating group) is 2. The Balaban J connectivity index is 0.000000706. The average molecular weight is 606 g/mol. The molecule has 0 saturated carbocycles. The van der Waals surface area contributed by atoms with Crippen LogP contribution in [0.1, 0.15) is 30.5 Å². The van der Waals surface area contributed by atoms with Crippen LogP contribution in [0.2, 0.25) is 5.02 Å². The number of aldehydes is 1. The Bertz CT molecular complexity index is 1240. The van der Waals surface area contributed by atoms with E-state index in [0.29, 0.717) is 19.6 Å². The Kier molecular flexibility index (Phi) is 15.4. The van der Waals surface area contributed by atoms with Crippen molar-refractivity contribution < 1.29 is 9.53 Å². The fourth-order valence-corrected chi connectivity index (χ4v) is 5.01. The highest BCUT2D eigenvalue weighted by Gasteiger charge is 2.35. The number of ether oxygens (including phenoxy) is 1. The normalized spacial score (nSPS) is 14.7. The van der Waals surface area contributed by atoms with Crippen LogP contribution < -0.4 is 10.1 Å². The number of hydrogen-bond donors (Lipinski definition) is 1. The molecule has 1 saturated heterocycles. The van der Waals surface area contributed by atoms with Gasteiger partial charge in [0, 0.05) is 37.4 Å². The van der Waals surface area contributed by atoms with E-state index in [1.165, 1.54) is 5.56 Å². The second-order valence-electron chi connectivity index (χ2n) is 10.1. The third-order valence-corrected chi connectivity index (χ3v) is 7.15. The molecule has 3 aromatic rings. The molecular weight excluding hydrogens is 558 g/mol. The van der Waals surface area contributed by atoms with Crippen molar-refractivity contribution in [2.75, 3.05) is 40.8 Å². The van der Waals surface area contributed by atoms with E-state index in [4.69, 9.17) is 16.3 Å². The molecule has 1 unspecified atom stereocenters. The zero-order valence-electron chi connectivity index (χ0n) is 26.6. The van der Waals surface area contributed by atoms with Crippen molar-refractivity contribution in [2.45, 2.75) is 40.0 Å². The van der Waals surface area contributed by atoms with E-state index in [9.17, 15) is 4.79 Å². The van der Waals surface area contributed by atoms with E-state index in [0.717, 1.165) is 46.2 Å². The molecule has 3 aromatic carbocycles. The summed E-state index contributed by atoms with van der Waals surface area (Å²) < 4.78 is 5.25. The second-order valence-corrected chi connectivity index (χ2v) is 10.5. The van der Waals surface area contributed by atoms with Gasteiger partial charge in [0.1, 0.15) is 24.0 Å². The fourth-order valence-electron chi connectivity index (χ4n) is 4.78. The summed E-state index contributed by atoms with van der Waals surface area (Å²) in [5.41, 5.74) is 4.39. The molecule has 0 aromatic heterocycles. The Labute approximate surface area is 264 Å². The molecule has 4 rings (SSSR count). The number of methoxy groups -OCH3 is 1. The van der Waals surface area contributed by atoms with Gasteiger partial charge in [0.25, 0.3) is 0 Å². The van der Waals surface area contributed by atoms with Crippen LogP contribution in [0.15, 0.2) is 104 Å². The number of nitrogens with zero attached hydrogens (tertiary/aromatic N) is 4. The van der Waals surface area contributed by atoms with E-state index in [2.05, 4.69) is 58.3 Å². The first-order valence-corrected chi connectivity index (χ1v) is 15.0. The number of rotatable bonds is 11. The maximum atomic E-state index is 11.5. The third-order valence-electron chi connectivity index (χ3n) is 6.92. The van der Waals surface area contributed by atoms with Crippen LogP contribution in [-0.2, 0) is 17.9 Å². The monoisotopic (exact) mass is 605 g/mol. The molecule has 1 fully saturated rings. The fraction of sp³-hybridized carbons (Fsp3) is 0.343. The first-order valence-electron chi connectivity index (χ1n) is 14.6. The van der Waals surface area contributed by atoms with Gasteiger partial charge in [-0.05, 0) is 54.9 Å². The molecular formula is C35H48ClN5O2. The van der Waals surface area contributed by atoms with E-state index < -0.39 is 0 Å². The number of carbonyl (C=O) groups excluding carboxylic acids is 1. The predicted octanol–water partition coefficient (Wildman–Crippen LogP) is 6.57. The molecule has 8 heteroatoms. The minimum atomic E-state index is -0.153. The van der Waals surface area contributed by atoms with Crippen LogP contribution in [0.5, 0.6) is 5.75 Å². The molecule has 1 heterocycles. The number of carbonyl (C=O) groups is 1. The number of nitrogens with one attached hydrogen (secondary N) is 1. The van der Waals surface area contributed by atoms with Gasteiger partial charge in [0.15, 0.2) is 0 Å². The lowest BCUT2D eigenvalue weighted by Gasteiger charge is -2.52. The summed E-state index contributed by atoms with van der Waals surface area (Å²) in [6.07, 6.45) is 0.776. The van der Waals surface area contributed by atoms with Crippen LogP contribution in [0.3, 0.4) is 0 Å². The van der Waals surface area contributed by atoms with Crippen molar-refractivity contribution in [3.63, 3.8) is 0 Å². The van der Waals surface area contributed by atoms with Gasteiger partial charge in [0.05, 0.1) is 20.2 Å². The Hall–Kier alpha value is -3.78. The van der Waals surface area contributed by atoms with Crippen molar-refractivity contribution >= 4 is 17.9 Å². The van der Waals surface area contributed by atoms with Gasteiger partial charge in [0.2, 0.25) is 0 Å². The molecule has 1 N–H and O–H groups in total. The highest BCUT2D eigenvalue weighted by molar-refractivity contribution is 6.30. The van der Waals surface area contributed by atoms with Crippen molar-refractivity contribution in [3.8, 4) is 5.75 Å². The molecule has 7 nitrogen and oxygen atoms in total. The summed E-state index contributed by atoms with van der Waals surface area (Å²) in [7, 11) is 5.75. The molecule has 1 aliphatic heterocycles. The minimum Gasteiger partial charge on any atom is -0.497 e. The molecule has 1 atom stereocenters. The predicted molar refractivity (Wildman–Crippen MR) is 179 cm³/mol. The first-order chi connectivity index (χ1) is 20.7. The lowest BCUT2D eigenvalue weighted by atomic mass is 10.1. The Morgan fingerprint density at radius 1 is 1.09 bits per heavy atom. The third kappa shape index (κ3) is 11.1. The van der Waals surface area contributed by atoms with Crippen molar-refractivity contribution in [2.24, 2.45) is 0 Å². The van der Waals surface area contributed by atoms with E-state index in [-0.39, 0.29) is 12.7 Å². The standard InChI is InChI=1S/C27H36ClN5O2.C6H6.C2H6/c1-20-15-25(28)10-9-24(20)18-30(4)19-27-32(13-14-34)21(2)17-31(5)33(27)22(3)29-16-23-7-11-26(35-6)12-8-23;1-2-4-6-5-3-1;1-2/h7-12,14-15,27,29H,2-3,13,16-19H2,1,4-6H3;1-6H;1-2H3. The van der Waals surface area contributed by atoms with Gasteiger partial charge in [-0.25, -0.2) is 5.01 Å². The van der Waals surface area contributed by atoms with Gasteiger partial charge >= 0.3 is 0 Å². The minimum absolute atomic E-state index is 0.153. The molecule has 0 amide bonds. The van der Waals surface area contributed by atoms with Crippen LogP contribution in [-0.4, -0.2) is 73.1 Å². The molecule has 232 valence electrons. The summed E-state index contributed by atoms with van der Waals surface area (Å²) in [5, 5.41) is 8.41. The lowest BCUT2D eigenvalue weighted by Crippen LogP contribution is -2.64.